The van der Waals surface area contributed by atoms with Crippen molar-refractivity contribution in [3.8, 4) is 18.1 Å². The first-order valence-electron chi connectivity index (χ1n) is 5.81. The normalized spacial score (nSPS) is 11.9. The number of benzene rings is 1. The monoisotopic (exact) mass is 373 g/mol. The summed E-state index contributed by atoms with van der Waals surface area (Å²) in [7, 11) is 1.68. The average Bonchev–Trinajstić information content (AvgIpc) is 2.33. The van der Waals surface area contributed by atoms with Crippen LogP contribution in [0.25, 0.3) is 0 Å². The lowest BCUT2D eigenvalue weighted by molar-refractivity contribution is 0.401. The van der Waals surface area contributed by atoms with Gasteiger partial charge in [-0.05, 0) is 34.5 Å². The molecular weight excluding hydrogens is 358 g/mol. The summed E-state index contributed by atoms with van der Waals surface area (Å²) in [5.41, 5.74) is 1.11. The summed E-state index contributed by atoms with van der Waals surface area (Å²) in [4.78, 5) is 0. The van der Waals surface area contributed by atoms with Gasteiger partial charge in [-0.2, -0.15) is 0 Å². The minimum Gasteiger partial charge on any atom is -0.495 e. The van der Waals surface area contributed by atoms with Gasteiger partial charge in [0.25, 0.3) is 0 Å². The molecule has 18 heavy (non-hydrogen) atoms. The van der Waals surface area contributed by atoms with E-state index in [1.807, 2.05) is 6.07 Å². The molecule has 1 N–H and O–H groups in total. The van der Waals surface area contributed by atoms with E-state index in [2.05, 4.69) is 56.1 Å². The van der Waals surface area contributed by atoms with Crippen molar-refractivity contribution in [3.05, 3.63) is 26.6 Å². The summed E-state index contributed by atoms with van der Waals surface area (Å²) >= 11 is 6.98. The van der Waals surface area contributed by atoms with Gasteiger partial charge >= 0.3 is 0 Å². The fourth-order valence-electron chi connectivity index (χ4n) is 1.73. The number of hydrogen-bond acceptors (Lipinski definition) is 2. The van der Waals surface area contributed by atoms with Crippen LogP contribution < -0.4 is 10.1 Å². The molecule has 98 valence electrons. The quantitative estimate of drug-likeness (QED) is 0.756. The number of ether oxygens (including phenoxy) is 1. The Labute approximate surface area is 126 Å². The van der Waals surface area contributed by atoms with Crippen molar-refractivity contribution >= 4 is 31.9 Å². The molecular formula is C14H17Br2NO. The van der Waals surface area contributed by atoms with Crippen molar-refractivity contribution in [2.45, 2.75) is 32.4 Å². The molecule has 1 atom stereocenters. The second kappa shape index (κ2) is 7.83. The van der Waals surface area contributed by atoms with Crippen LogP contribution in [0.5, 0.6) is 5.75 Å². The first-order chi connectivity index (χ1) is 8.62. The van der Waals surface area contributed by atoms with Crippen LogP contribution >= 0.6 is 31.9 Å². The van der Waals surface area contributed by atoms with E-state index in [0.717, 1.165) is 39.6 Å². The molecule has 0 amide bonds. The van der Waals surface area contributed by atoms with E-state index < -0.39 is 0 Å². The maximum Gasteiger partial charge on any atom is 0.137 e. The van der Waals surface area contributed by atoms with Gasteiger partial charge < -0.3 is 10.1 Å². The molecule has 0 aliphatic rings. The molecule has 0 aliphatic heterocycles. The highest BCUT2D eigenvalue weighted by molar-refractivity contribution is 9.11. The molecule has 0 fully saturated rings. The molecule has 0 heterocycles. The Morgan fingerprint density at radius 1 is 1.44 bits per heavy atom. The van der Waals surface area contributed by atoms with Crippen LogP contribution in [0.1, 0.15) is 25.3 Å². The van der Waals surface area contributed by atoms with Crippen LogP contribution in [0.2, 0.25) is 0 Å². The van der Waals surface area contributed by atoms with Crippen LogP contribution in [0.3, 0.4) is 0 Å². The molecule has 0 bridgehead atoms. The zero-order valence-corrected chi connectivity index (χ0v) is 13.8. The number of nitrogens with one attached hydrogen (secondary N) is 1. The number of terminal acetylenes is 1. The minimum absolute atomic E-state index is 0.345. The predicted molar refractivity (Wildman–Crippen MR) is 82.8 cm³/mol. The lowest BCUT2D eigenvalue weighted by Crippen LogP contribution is -2.27. The molecule has 2 nitrogen and oxygen atoms in total. The zero-order valence-electron chi connectivity index (χ0n) is 10.6. The Hall–Kier alpha value is -0.500. The number of halogens is 2. The SMILES string of the molecule is C#CCC(CC)NCc1cc(Br)cc(Br)c1OC. The fourth-order valence-corrected chi connectivity index (χ4v) is 3.21. The molecule has 1 aromatic rings. The highest BCUT2D eigenvalue weighted by Crippen LogP contribution is 2.32. The van der Waals surface area contributed by atoms with E-state index >= 15 is 0 Å². The summed E-state index contributed by atoms with van der Waals surface area (Å²) in [5, 5.41) is 3.45. The Kier molecular flexibility index (Phi) is 6.77. The Morgan fingerprint density at radius 3 is 2.72 bits per heavy atom. The van der Waals surface area contributed by atoms with Gasteiger partial charge in [-0.15, -0.1) is 12.3 Å². The van der Waals surface area contributed by atoms with E-state index in [9.17, 15) is 0 Å². The zero-order chi connectivity index (χ0) is 13.5. The van der Waals surface area contributed by atoms with Crippen LogP contribution in [-0.2, 0) is 6.54 Å². The second-order valence-electron chi connectivity index (χ2n) is 3.97. The third kappa shape index (κ3) is 4.31. The molecule has 0 saturated carbocycles. The maximum atomic E-state index is 5.41. The molecule has 0 aliphatic carbocycles. The van der Waals surface area contributed by atoms with E-state index in [4.69, 9.17) is 11.2 Å². The van der Waals surface area contributed by atoms with Gasteiger partial charge in [-0.3, -0.25) is 0 Å². The minimum atomic E-state index is 0.345. The van der Waals surface area contributed by atoms with Gasteiger partial charge in [0.1, 0.15) is 5.75 Å². The van der Waals surface area contributed by atoms with E-state index in [1.165, 1.54) is 0 Å². The van der Waals surface area contributed by atoms with Gasteiger partial charge in [-0.25, -0.2) is 0 Å². The van der Waals surface area contributed by atoms with Crippen LogP contribution in [-0.4, -0.2) is 13.2 Å². The van der Waals surface area contributed by atoms with Crippen LogP contribution in [0.15, 0.2) is 21.1 Å². The van der Waals surface area contributed by atoms with Crippen LogP contribution in [0.4, 0.5) is 0 Å². The molecule has 4 heteroatoms. The van der Waals surface area contributed by atoms with Gasteiger partial charge in [0.05, 0.1) is 11.6 Å². The summed E-state index contributed by atoms with van der Waals surface area (Å²) < 4.78 is 7.38. The number of rotatable bonds is 6. The van der Waals surface area contributed by atoms with Gasteiger partial charge in [-0.1, -0.05) is 22.9 Å². The van der Waals surface area contributed by atoms with E-state index in [1.54, 1.807) is 7.11 Å². The summed E-state index contributed by atoms with van der Waals surface area (Å²) in [6.07, 6.45) is 7.11. The van der Waals surface area contributed by atoms with Crippen molar-refractivity contribution in [3.63, 3.8) is 0 Å². The van der Waals surface area contributed by atoms with Gasteiger partial charge in [0, 0.05) is 29.0 Å². The van der Waals surface area contributed by atoms with Crippen molar-refractivity contribution in [2.75, 3.05) is 7.11 Å². The largest absolute Gasteiger partial charge is 0.495 e. The number of methoxy groups -OCH3 is 1. The third-order valence-electron chi connectivity index (χ3n) is 2.73. The van der Waals surface area contributed by atoms with E-state index in [-0.39, 0.29) is 0 Å². The standard InChI is InChI=1S/C14H17Br2NO/c1-4-6-12(5-2)17-9-10-7-11(15)8-13(16)14(10)18-3/h1,7-8,12,17H,5-6,9H2,2-3H3. The van der Waals surface area contributed by atoms with Gasteiger partial charge in [0.2, 0.25) is 0 Å². The molecule has 1 rings (SSSR count). The first-order valence-corrected chi connectivity index (χ1v) is 7.39. The van der Waals surface area contributed by atoms with Gasteiger partial charge in [0.15, 0.2) is 0 Å². The summed E-state index contributed by atoms with van der Waals surface area (Å²) in [6.45, 7) is 2.87. The maximum absolute atomic E-state index is 5.41. The molecule has 0 spiro atoms. The molecule has 0 saturated heterocycles. The average molecular weight is 375 g/mol. The van der Waals surface area contributed by atoms with Crippen LogP contribution in [0, 0.1) is 12.3 Å². The Bertz CT molecular complexity index is 440. The smallest absolute Gasteiger partial charge is 0.137 e. The summed E-state index contributed by atoms with van der Waals surface area (Å²) in [6, 6.07) is 4.37. The second-order valence-corrected chi connectivity index (χ2v) is 5.74. The van der Waals surface area contributed by atoms with Crippen molar-refractivity contribution < 1.29 is 4.74 Å². The highest BCUT2D eigenvalue weighted by atomic mass is 79.9. The number of hydrogen-bond donors (Lipinski definition) is 1. The molecule has 1 unspecified atom stereocenters. The molecule has 1 aromatic carbocycles. The lowest BCUT2D eigenvalue weighted by Gasteiger charge is -2.17. The predicted octanol–water partition coefficient (Wildman–Crippen LogP) is 4.11. The van der Waals surface area contributed by atoms with Crippen molar-refractivity contribution in [1.29, 1.82) is 0 Å². The topological polar surface area (TPSA) is 21.3 Å². The van der Waals surface area contributed by atoms with E-state index in [0.29, 0.717) is 6.04 Å². The Morgan fingerprint density at radius 2 is 2.17 bits per heavy atom. The van der Waals surface area contributed by atoms with Crippen molar-refractivity contribution in [2.24, 2.45) is 0 Å². The molecule has 0 radical (unpaired) electrons. The highest BCUT2D eigenvalue weighted by Gasteiger charge is 2.11. The van der Waals surface area contributed by atoms with Crippen molar-refractivity contribution in [1.82, 2.24) is 5.32 Å². The molecule has 0 aromatic heterocycles. The lowest BCUT2D eigenvalue weighted by atomic mass is 10.1. The summed E-state index contributed by atoms with van der Waals surface area (Å²) in [5.74, 6) is 3.56. The Balaban J connectivity index is 2.81. The fraction of sp³-hybridized carbons (Fsp3) is 0.429. The first kappa shape index (κ1) is 15.6. The third-order valence-corrected chi connectivity index (χ3v) is 3.77.